The van der Waals surface area contributed by atoms with Crippen LogP contribution in [0.5, 0.6) is 0 Å². The largest absolute Gasteiger partial charge is 0.382 e. The number of rotatable bonds is 5. The van der Waals surface area contributed by atoms with Crippen molar-refractivity contribution in [1.82, 2.24) is 19.9 Å². The molecule has 1 aliphatic rings. The molecule has 0 aliphatic heterocycles. The number of carbonyl (C=O) groups excluding carboxylic acids is 1. The lowest BCUT2D eigenvalue weighted by molar-refractivity contribution is -0.125. The summed E-state index contributed by atoms with van der Waals surface area (Å²) in [5.74, 6) is 1.88. The van der Waals surface area contributed by atoms with Crippen molar-refractivity contribution in [2.24, 2.45) is 5.92 Å². The van der Waals surface area contributed by atoms with Gasteiger partial charge in [-0.15, -0.1) is 0 Å². The van der Waals surface area contributed by atoms with Crippen LogP contribution in [-0.2, 0) is 11.3 Å². The Morgan fingerprint density at radius 2 is 1.92 bits per heavy atom. The Morgan fingerprint density at radius 1 is 1.20 bits per heavy atom. The third-order valence-corrected chi connectivity index (χ3v) is 5.42. The lowest BCUT2D eigenvalue weighted by atomic mass is 9.89. The maximum atomic E-state index is 12.2. The lowest BCUT2D eigenvalue weighted by Gasteiger charge is -2.20. The second-order valence-electron chi connectivity index (χ2n) is 7.19. The number of pyridine rings is 1. The molecule has 2 aromatic rings. The summed E-state index contributed by atoms with van der Waals surface area (Å²) >= 11 is 0. The average molecular weight is 343 g/mol. The predicted molar refractivity (Wildman–Crippen MR) is 100 cm³/mol. The molecular weight excluding hydrogens is 314 g/mol. The molecule has 1 saturated carbocycles. The Labute approximate surface area is 149 Å². The summed E-state index contributed by atoms with van der Waals surface area (Å²) in [6, 6.07) is 0. The molecule has 136 valence electrons. The van der Waals surface area contributed by atoms with E-state index in [4.69, 9.17) is 5.73 Å². The second kappa shape index (κ2) is 7.42. The van der Waals surface area contributed by atoms with Crippen molar-refractivity contribution in [1.29, 1.82) is 0 Å². The first kappa shape index (κ1) is 17.7. The first-order valence-electron chi connectivity index (χ1n) is 9.36. The van der Waals surface area contributed by atoms with Gasteiger partial charge in [0.15, 0.2) is 5.82 Å². The van der Waals surface area contributed by atoms with E-state index in [1.807, 2.05) is 13.8 Å². The molecule has 6 nitrogen and oxygen atoms in total. The van der Waals surface area contributed by atoms with Gasteiger partial charge in [-0.05, 0) is 45.6 Å². The highest BCUT2D eigenvalue weighted by Gasteiger charge is 2.20. The van der Waals surface area contributed by atoms with Gasteiger partial charge >= 0.3 is 0 Å². The molecule has 0 bridgehead atoms. The quantitative estimate of drug-likeness (QED) is 0.817. The number of nitrogen functional groups attached to an aromatic ring is 1. The highest BCUT2D eigenvalue weighted by atomic mass is 16.1. The number of nitrogens with two attached hydrogens (primary N) is 1. The van der Waals surface area contributed by atoms with Crippen LogP contribution in [-0.4, -0.2) is 27.0 Å². The van der Waals surface area contributed by atoms with Gasteiger partial charge in [0.25, 0.3) is 0 Å². The van der Waals surface area contributed by atoms with Gasteiger partial charge < -0.3 is 15.6 Å². The smallest absolute Gasteiger partial charge is 0.223 e. The lowest BCUT2D eigenvalue weighted by Crippen LogP contribution is -2.33. The van der Waals surface area contributed by atoms with Crippen molar-refractivity contribution >= 4 is 22.8 Å². The number of hydrogen-bond acceptors (Lipinski definition) is 4. The van der Waals surface area contributed by atoms with E-state index in [-0.39, 0.29) is 11.8 Å². The fraction of sp³-hybridized carbons (Fsp3) is 0.632. The third kappa shape index (κ3) is 3.62. The highest BCUT2D eigenvalue weighted by molar-refractivity contribution is 5.88. The number of carbonyl (C=O) groups is 1. The van der Waals surface area contributed by atoms with Gasteiger partial charge in [-0.2, -0.15) is 0 Å². The van der Waals surface area contributed by atoms with Crippen molar-refractivity contribution in [3.05, 3.63) is 17.1 Å². The molecule has 6 heteroatoms. The summed E-state index contributed by atoms with van der Waals surface area (Å²) in [6.45, 7) is 7.55. The number of hydrogen-bond donors (Lipinski definition) is 2. The van der Waals surface area contributed by atoms with Crippen molar-refractivity contribution in [3.63, 3.8) is 0 Å². The van der Waals surface area contributed by atoms with Crippen LogP contribution in [0.4, 0.5) is 5.82 Å². The molecule has 0 unspecified atom stereocenters. The molecule has 2 aromatic heterocycles. The SMILES string of the molecule is Cc1nc(N)c2nc(C)n(CCCNC(=O)C3CCCCC3)c2c1C. The molecule has 3 N–H and O–H groups in total. The maximum Gasteiger partial charge on any atom is 0.223 e. The summed E-state index contributed by atoms with van der Waals surface area (Å²) in [6.07, 6.45) is 6.61. The maximum absolute atomic E-state index is 12.2. The molecule has 2 heterocycles. The van der Waals surface area contributed by atoms with Crippen LogP contribution in [0, 0.1) is 26.7 Å². The van der Waals surface area contributed by atoms with Gasteiger partial charge in [0.2, 0.25) is 5.91 Å². The standard InChI is InChI=1S/C19H29N5O/c1-12-13(2)22-18(20)16-17(12)24(14(3)23-16)11-7-10-21-19(25)15-8-5-4-6-9-15/h15H,4-11H2,1-3H3,(H2,20,22)(H,21,25). The minimum absolute atomic E-state index is 0.223. The zero-order chi connectivity index (χ0) is 18.0. The normalized spacial score (nSPS) is 15.6. The van der Waals surface area contributed by atoms with Crippen LogP contribution >= 0.6 is 0 Å². The van der Waals surface area contributed by atoms with Gasteiger partial charge in [0.1, 0.15) is 11.3 Å². The zero-order valence-electron chi connectivity index (χ0n) is 15.6. The fourth-order valence-electron chi connectivity index (χ4n) is 3.84. The van der Waals surface area contributed by atoms with Crippen LogP contribution in [0.3, 0.4) is 0 Å². The van der Waals surface area contributed by atoms with E-state index < -0.39 is 0 Å². The van der Waals surface area contributed by atoms with Gasteiger partial charge in [-0.25, -0.2) is 9.97 Å². The van der Waals surface area contributed by atoms with Crippen molar-refractivity contribution < 1.29 is 4.79 Å². The Morgan fingerprint density at radius 3 is 2.64 bits per heavy atom. The first-order chi connectivity index (χ1) is 12.0. The molecule has 1 amide bonds. The van der Waals surface area contributed by atoms with E-state index in [0.29, 0.717) is 12.4 Å². The van der Waals surface area contributed by atoms with Crippen LogP contribution in [0.1, 0.15) is 55.6 Å². The molecule has 0 saturated heterocycles. The van der Waals surface area contributed by atoms with Crippen molar-refractivity contribution in [3.8, 4) is 0 Å². The van der Waals surface area contributed by atoms with Crippen molar-refractivity contribution in [2.75, 3.05) is 12.3 Å². The molecule has 0 spiro atoms. The number of aromatic nitrogens is 3. The van der Waals surface area contributed by atoms with E-state index in [0.717, 1.165) is 53.9 Å². The van der Waals surface area contributed by atoms with E-state index in [9.17, 15) is 4.79 Å². The van der Waals surface area contributed by atoms with Crippen molar-refractivity contribution in [2.45, 2.75) is 65.8 Å². The summed E-state index contributed by atoms with van der Waals surface area (Å²) in [5.41, 5.74) is 9.96. The van der Waals surface area contributed by atoms with Gasteiger partial charge in [0.05, 0.1) is 5.52 Å². The zero-order valence-corrected chi connectivity index (χ0v) is 15.6. The number of aryl methyl sites for hydroxylation is 4. The Bertz CT molecular complexity index is 774. The first-order valence-corrected chi connectivity index (χ1v) is 9.36. The molecule has 0 radical (unpaired) electrons. The number of amides is 1. The van der Waals surface area contributed by atoms with E-state index >= 15 is 0 Å². The van der Waals surface area contributed by atoms with Gasteiger partial charge in [0, 0.05) is 24.7 Å². The minimum Gasteiger partial charge on any atom is -0.382 e. The molecule has 25 heavy (non-hydrogen) atoms. The van der Waals surface area contributed by atoms with Gasteiger partial charge in [-0.3, -0.25) is 4.79 Å². The third-order valence-electron chi connectivity index (χ3n) is 5.42. The Kier molecular flexibility index (Phi) is 5.25. The van der Waals surface area contributed by atoms with Crippen LogP contribution in [0.2, 0.25) is 0 Å². The molecule has 0 atom stereocenters. The number of anilines is 1. The number of imidazole rings is 1. The van der Waals surface area contributed by atoms with Crippen LogP contribution < -0.4 is 11.1 Å². The topological polar surface area (TPSA) is 85.8 Å². The Hall–Kier alpha value is -2.11. The number of nitrogens with zero attached hydrogens (tertiary/aromatic N) is 3. The summed E-state index contributed by atoms with van der Waals surface area (Å²) < 4.78 is 2.20. The van der Waals surface area contributed by atoms with E-state index in [1.165, 1.54) is 19.3 Å². The Balaban J connectivity index is 1.63. The molecule has 1 fully saturated rings. The number of fused-ring (bicyclic) bond motifs is 1. The molecule has 1 aliphatic carbocycles. The number of nitrogens with one attached hydrogen (secondary N) is 1. The summed E-state index contributed by atoms with van der Waals surface area (Å²) in [4.78, 5) is 21.2. The van der Waals surface area contributed by atoms with E-state index in [2.05, 4.69) is 26.8 Å². The molecule has 3 rings (SSSR count). The highest BCUT2D eigenvalue weighted by Crippen LogP contribution is 2.26. The second-order valence-corrected chi connectivity index (χ2v) is 7.19. The summed E-state index contributed by atoms with van der Waals surface area (Å²) in [7, 11) is 0. The minimum atomic E-state index is 0.223. The predicted octanol–water partition coefficient (Wildman–Crippen LogP) is 3.03. The molecular formula is C19H29N5O. The van der Waals surface area contributed by atoms with Crippen LogP contribution in [0.25, 0.3) is 11.0 Å². The molecule has 0 aromatic carbocycles. The monoisotopic (exact) mass is 343 g/mol. The van der Waals surface area contributed by atoms with Gasteiger partial charge in [-0.1, -0.05) is 19.3 Å². The van der Waals surface area contributed by atoms with E-state index in [1.54, 1.807) is 0 Å². The van der Waals surface area contributed by atoms with Crippen LogP contribution in [0.15, 0.2) is 0 Å². The summed E-state index contributed by atoms with van der Waals surface area (Å²) in [5, 5.41) is 3.11. The fourth-order valence-corrected chi connectivity index (χ4v) is 3.84. The average Bonchev–Trinajstić information content (AvgIpc) is 2.94.